The normalized spacial score (nSPS) is 16.2. The van der Waals surface area contributed by atoms with Gasteiger partial charge in [0.2, 0.25) is 5.91 Å². The summed E-state index contributed by atoms with van der Waals surface area (Å²) in [5.74, 6) is 0.808. The van der Waals surface area contributed by atoms with Crippen LogP contribution in [0.2, 0.25) is 0 Å². The highest BCUT2D eigenvalue weighted by molar-refractivity contribution is 6.04. The molecule has 5 rings (SSSR count). The number of esters is 1. The van der Waals surface area contributed by atoms with Crippen LogP contribution in [0.15, 0.2) is 72.9 Å². The first-order chi connectivity index (χ1) is 20.4. The van der Waals surface area contributed by atoms with Crippen LogP contribution >= 0.6 is 0 Å². The topological polar surface area (TPSA) is 89.0 Å². The average Bonchev–Trinajstić information content (AvgIpc) is 3.04. The lowest BCUT2D eigenvalue weighted by Gasteiger charge is -2.31. The second-order valence-electron chi connectivity index (χ2n) is 10.4. The van der Waals surface area contributed by atoms with Gasteiger partial charge in [-0.15, -0.1) is 0 Å². The monoisotopic (exact) mass is 568 g/mol. The molecule has 1 saturated carbocycles. The largest absolute Gasteiger partial charge is 0.496 e. The van der Waals surface area contributed by atoms with E-state index in [1.807, 2.05) is 57.2 Å². The van der Waals surface area contributed by atoms with E-state index < -0.39 is 5.97 Å². The first-order valence-corrected chi connectivity index (χ1v) is 14.6. The van der Waals surface area contributed by atoms with E-state index in [0.717, 1.165) is 38.8 Å². The fourth-order valence-corrected chi connectivity index (χ4v) is 5.47. The number of amides is 1. The molecule has 220 valence electrons. The van der Waals surface area contributed by atoms with Crippen molar-refractivity contribution in [3.63, 3.8) is 0 Å². The predicted octanol–water partition coefficient (Wildman–Crippen LogP) is 7.12. The molecule has 0 aliphatic heterocycles. The lowest BCUT2D eigenvalue weighted by Crippen LogP contribution is -2.38. The molecule has 0 atom stereocenters. The fourth-order valence-electron chi connectivity index (χ4n) is 5.47. The van der Waals surface area contributed by atoms with Gasteiger partial charge < -0.3 is 14.6 Å². The maximum atomic E-state index is 14.0. The number of carbonyl (C=O) groups is 2. The van der Waals surface area contributed by atoms with Crippen molar-refractivity contribution in [2.45, 2.75) is 59.1 Å². The van der Waals surface area contributed by atoms with Crippen LogP contribution < -0.4 is 9.64 Å². The van der Waals surface area contributed by atoms with E-state index in [9.17, 15) is 14.7 Å². The number of hydrogen-bond acceptors (Lipinski definition) is 6. The molecule has 3 aromatic carbocycles. The predicted molar refractivity (Wildman–Crippen MR) is 167 cm³/mol. The molecule has 0 unspecified atom stereocenters. The molecule has 1 aliphatic rings. The number of anilines is 1. The van der Waals surface area contributed by atoms with Gasteiger partial charge in [0, 0.05) is 17.5 Å². The molecule has 7 heteroatoms. The number of aliphatic hydroxyl groups excluding tert-OH is 1. The summed E-state index contributed by atoms with van der Waals surface area (Å²) in [6.07, 6.45) is 3.84. The smallest absolute Gasteiger partial charge is 0.337 e. The summed E-state index contributed by atoms with van der Waals surface area (Å²) < 4.78 is 10.3. The van der Waals surface area contributed by atoms with Crippen molar-refractivity contribution in [2.75, 3.05) is 19.1 Å². The summed E-state index contributed by atoms with van der Waals surface area (Å²) in [6, 6.07) is 21.4. The Kier molecular flexibility index (Phi) is 10.3. The number of fused-ring (bicyclic) bond motifs is 1. The van der Waals surface area contributed by atoms with Crippen LogP contribution in [0.4, 0.5) is 5.82 Å². The molecule has 0 spiro atoms. The van der Waals surface area contributed by atoms with Crippen LogP contribution in [0.25, 0.3) is 21.9 Å². The maximum absolute atomic E-state index is 14.0. The van der Waals surface area contributed by atoms with Gasteiger partial charge in [-0.05, 0) is 96.6 Å². The zero-order valence-electron chi connectivity index (χ0n) is 25.1. The number of benzene rings is 3. The number of rotatable bonds is 7. The Morgan fingerprint density at radius 1 is 0.905 bits per heavy atom. The Hall–Kier alpha value is -4.23. The Labute approximate surface area is 248 Å². The minimum atomic E-state index is -0.416. The highest BCUT2D eigenvalue weighted by atomic mass is 16.5. The third-order valence-electron chi connectivity index (χ3n) is 7.75. The van der Waals surface area contributed by atoms with Crippen LogP contribution in [0, 0.1) is 12.8 Å². The standard InChI is InChI=1S/C33H34N2O5.C2H6/c1-21-18-25(11-15-30(21)39-2)23-6-4-22(5-7-23)20-35(32(37)24-8-12-28(36)13-9-24)31-29-14-10-27(33(38)40-3)19-26(29)16-17-34-31;1-2/h4-7,10-11,14-19,24,28,36H,8-9,12-13,20H2,1-3H3;1-2H3. The first-order valence-electron chi connectivity index (χ1n) is 14.6. The second-order valence-corrected chi connectivity index (χ2v) is 10.4. The molecule has 1 heterocycles. The van der Waals surface area contributed by atoms with Crippen LogP contribution in [0.5, 0.6) is 5.75 Å². The quantitative estimate of drug-likeness (QED) is 0.239. The molecule has 7 nitrogen and oxygen atoms in total. The number of methoxy groups -OCH3 is 2. The van der Waals surface area contributed by atoms with Crippen LogP contribution in [-0.2, 0) is 16.1 Å². The number of nitrogens with zero attached hydrogens (tertiary/aromatic N) is 2. The van der Waals surface area contributed by atoms with E-state index in [4.69, 9.17) is 9.47 Å². The summed E-state index contributed by atoms with van der Waals surface area (Å²) >= 11 is 0. The van der Waals surface area contributed by atoms with Crippen molar-refractivity contribution < 1.29 is 24.2 Å². The van der Waals surface area contributed by atoms with E-state index in [2.05, 4.69) is 23.2 Å². The molecule has 0 saturated heterocycles. The van der Waals surface area contributed by atoms with Gasteiger partial charge in [0.05, 0.1) is 32.4 Å². The maximum Gasteiger partial charge on any atom is 0.337 e. The molecule has 1 fully saturated rings. The molecule has 0 bridgehead atoms. The van der Waals surface area contributed by atoms with Crippen molar-refractivity contribution in [2.24, 2.45) is 5.92 Å². The van der Waals surface area contributed by atoms with Crippen molar-refractivity contribution in [1.82, 2.24) is 4.98 Å². The SMILES string of the molecule is CC.COC(=O)c1ccc2c(N(Cc3ccc(-c4ccc(OC)c(C)c4)cc3)C(=O)C3CCC(O)CC3)nccc2c1. The molecular formula is C35H40N2O5. The van der Waals surface area contributed by atoms with Crippen molar-refractivity contribution in [3.05, 3.63) is 89.6 Å². The van der Waals surface area contributed by atoms with E-state index in [0.29, 0.717) is 43.6 Å². The second kappa shape index (κ2) is 14.1. The zero-order valence-corrected chi connectivity index (χ0v) is 25.1. The van der Waals surface area contributed by atoms with E-state index in [-0.39, 0.29) is 17.9 Å². The first kappa shape index (κ1) is 30.7. The summed E-state index contributed by atoms with van der Waals surface area (Å²) in [6.45, 7) is 6.38. The van der Waals surface area contributed by atoms with Crippen LogP contribution in [0.3, 0.4) is 0 Å². The van der Waals surface area contributed by atoms with Gasteiger partial charge in [0.1, 0.15) is 11.6 Å². The van der Waals surface area contributed by atoms with Gasteiger partial charge >= 0.3 is 5.97 Å². The van der Waals surface area contributed by atoms with Gasteiger partial charge in [-0.2, -0.15) is 0 Å². The molecule has 1 N–H and O–H groups in total. The van der Waals surface area contributed by atoms with Crippen molar-refractivity contribution in [3.8, 4) is 16.9 Å². The molecule has 4 aromatic rings. The number of aliphatic hydroxyl groups is 1. The number of pyridine rings is 1. The van der Waals surface area contributed by atoms with Gasteiger partial charge in [-0.3, -0.25) is 9.69 Å². The number of carbonyl (C=O) groups excluding carboxylic acids is 2. The van der Waals surface area contributed by atoms with E-state index in [1.165, 1.54) is 7.11 Å². The number of aromatic nitrogens is 1. The lowest BCUT2D eigenvalue weighted by atomic mass is 9.86. The van der Waals surface area contributed by atoms with Gasteiger partial charge in [0.15, 0.2) is 0 Å². The summed E-state index contributed by atoms with van der Waals surface area (Å²) in [4.78, 5) is 32.5. The molecular weight excluding hydrogens is 528 g/mol. The highest BCUT2D eigenvalue weighted by Gasteiger charge is 2.31. The number of ether oxygens (including phenoxy) is 2. The average molecular weight is 569 g/mol. The molecule has 1 aliphatic carbocycles. The van der Waals surface area contributed by atoms with E-state index in [1.54, 1.807) is 30.3 Å². The Morgan fingerprint density at radius 2 is 1.60 bits per heavy atom. The minimum absolute atomic E-state index is 0.00111. The molecule has 42 heavy (non-hydrogen) atoms. The van der Waals surface area contributed by atoms with Crippen LogP contribution in [0.1, 0.15) is 61.0 Å². The Bertz CT molecular complexity index is 1520. The third kappa shape index (κ3) is 6.80. The molecule has 1 amide bonds. The fraction of sp³-hybridized carbons (Fsp3) is 0.343. The van der Waals surface area contributed by atoms with E-state index >= 15 is 0 Å². The third-order valence-corrected chi connectivity index (χ3v) is 7.75. The van der Waals surface area contributed by atoms with Gasteiger partial charge in [-0.25, -0.2) is 9.78 Å². The van der Waals surface area contributed by atoms with Gasteiger partial charge in [-0.1, -0.05) is 44.2 Å². The summed E-state index contributed by atoms with van der Waals surface area (Å²) in [5.41, 5.74) is 4.65. The molecule has 1 aromatic heterocycles. The number of hydrogen-bond donors (Lipinski definition) is 1. The van der Waals surface area contributed by atoms with Gasteiger partial charge in [0.25, 0.3) is 0 Å². The Balaban J connectivity index is 0.00000198. The molecule has 0 radical (unpaired) electrons. The highest BCUT2D eigenvalue weighted by Crippen LogP contribution is 2.33. The summed E-state index contributed by atoms with van der Waals surface area (Å²) in [7, 11) is 3.02. The lowest BCUT2D eigenvalue weighted by molar-refractivity contribution is -0.124. The summed E-state index contributed by atoms with van der Waals surface area (Å²) in [5, 5.41) is 11.6. The van der Waals surface area contributed by atoms with Crippen molar-refractivity contribution >= 4 is 28.5 Å². The Morgan fingerprint density at radius 3 is 2.24 bits per heavy atom. The van der Waals surface area contributed by atoms with Crippen molar-refractivity contribution in [1.29, 1.82) is 0 Å². The zero-order chi connectivity index (χ0) is 30.2. The number of aryl methyl sites for hydroxylation is 1. The van der Waals surface area contributed by atoms with Crippen LogP contribution in [-0.4, -0.2) is 42.3 Å². The minimum Gasteiger partial charge on any atom is -0.496 e.